The number of pyridine rings is 1. The number of hydrogen-bond acceptors (Lipinski definition) is 4. The summed E-state index contributed by atoms with van der Waals surface area (Å²) >= 11 is 0. The maximum Gasteiger partial charge on any atom is 0.161 e. The van der Waals surface area contributed by atoms with E-state index in [-0.39, 0.29) is 5.82 Å². The predicted molar refractivity (Wildman–Crippen MR) is 95.2 cm³/mol. The topological polar surface area (TPSA) is 43.7 Å². The molecule has 1 heterocycles. The summed E-state index contributed by atoms with van der Waals surface area (Å²) in [6, 6.07) is 15.5. The van der Waals surface area contributed by atoms with Crippen LogP contribution < -0.4 is 9.47 Å². The smallest absolute Gasteiger partial charge is 0.161 e. The molecule has 0 atom stereocenters. The molecule has 0 aliphatic rings. The Balaban J connectivity index is 1.71. The summed E-state index contributed by atoms with van der Waals surface area (Å²) in [7, 11) is 1.59. The number of ether oxygens (including phenoxy) is 2. The Morgan fingerprint density at radius 1 is 1.08 bits per heavy atom. The Morgan fingerprint density at radius 2 is 1.92 bits per heavy atom. The van der Waals surface area contributed by atoms with Gasteiger partial charge in [-0.05, 0) is 53.6 Å². The van der Waals surface area contributed by atoms with Crippen molar-refractivity contribution in [2.75, 3.05) is 7.11 Å². The van der Waals surface area contributed by atoms with Gasteiger partial charge in [0.05, 0.1) is 19.0 Å². The lowest BCUT2D eigenvalue weighted by atomic mass is 10.2. The lowest BCUT2D eigenvalue weighted by Gasteiger charge is -2.11. The van der Waals surface area contributed by atoms with E-state index in [1.54, 1.807) is 37.9 Å². The van der Waals surface area contributed by atoms with Crippen molar-refractivity contribution in [3.8, 4) is 11.5 Å². The van der Waals surface area contributed by atoms with Gasteiger partial charge in [-0.2, -0.15) is 0 Å². The van der Waals surface area contributed by atoms with Gasteiger partial charge in [-0.25, -0.2) is 4.39 Å². The molecular formula is C20H17FN2O2. The van der Waals surface area contributed by atoms with Gasteiger partial charge in [-0.3, -0.25) is 9.98 Å². The van der Waals surface area contributed by atoms with E-state index < -0.39 is 0 Å². The molecule has 0 saturated carbocycles. The standard InChI is InChI=1S/C20H17FN2O2/c1-24-20-11-16(12-23-18-3-2-10-22-13-18)6-9-19(20)25-14-15-4-7-17(21)8-5-15/h2-13H,14H2,1H3. The maximum atomic E-state index is 12.9. The third-order valence-electron chi connectivity index (χ3n) is 3.50. The minimum Gasteiger partial charge on any atom is -0.493 e. The van der Waals surface area contributed by atoms with Crippen molar-refractivity contribution in [1.29, 1.82) is 0 Å². The predicted octanol–water partition coefficient (Wildman–Crippen LogP) is 4.56. The maximum absolute atomic E-state index is 12.9. The SMILES string of the molecule is COc1cc(C=Nc2cccnc2)ccc1OCc1ccc(F)cc1. The van der Waals surface area contributed by atoms with Crippen LogP contribution >= 0.6 is 0 Å². The summed E-state index contributed by atoms with van der Waals surface area (Å²) in [6.07, 6.45) is 5.13. The largest absolute Gasteiger partial charge is 0.493 e. The molecule has 0 aliphatic carbocycles. The average Bonchev–Trinajstić information content (AvgIpc) is 2.67. The molecule has 3 aromatic rings. The van der Waals surface area contributed by atoms with Crippen molar-refractivity contribution in [2.45, 2.75) is 6.61 Å². The van der Waals surface area contributed by atoms with Gasteiger partial charge in [-0.15, -0.1) is 0 Å². The van der Waals surface area contributed by atoms with Crippen molar-refractivity contribution >= 4 is 11.9 Å². The van der Waals surface area contributed by atoms with E-state index in [4.69, 9.17) is 9.47 Å². The van der Waals surface area contributed by atoms with Crippen molar-refractivity contribution < 1.29 is 13.9 Å². The fraction of sp³-hybridized carbons (Fsp3) is 0.100. The lowest BCUT2D eigenvalue weighted by Crippen LogP contribution is -1.98. The molecule has 0 saturated heterocycles. The zero-order valence-electron chi connectivity index (χ0n) is 13.7. The molecule has 0 fully saturated rings. The van der Waals surface area contributed by atoms with Gasteiger partial charge in [0, 0.05) is 12.4 Å². The van der Waals surface area contributed by atoms with Gasteiger partial charge in [0.15, 0.2) is 11.5 Å². The van der Waals surface area contributed by atoms with Gasteiger partial charge < -0.3 is 9.47 Å². The second kappa shape index (κ2) is 8.06. The Bertz CT molecular complexity index is 849. The van der Waals surface area contributed by atoms with Crippen molar-refractivity contribution in [3.05, 3.63) is 83.9 Å². The second-order valence-corrected chi connectivity index (χ2v) is 5.29. The van der Waals surface area contributed by atoms with Crippen LogP contribution in [0.5, 0.6) is 11.5 Å². The third-order valence-corrected chi connectivity index (χ3v) is 3.50. The van der Waals surface area contributed by atoms with E-state index in [2.05, 4.69) is 9.98 Å². The highest BCUT2D eigenvalue weighted by atomic mass is 19.1. The van der Waals surface area contributed by atoms with E-state index >= 15 is 0 Å². The molecule has 0 aliphatic heterocycles. The van der Waals surface area contributed by atoms with Gasteiger partial charge in [0.1, 0.15) is 12.4 Å². The molecule has 0 bridgehead atoms. The summed E-state index contributed by atoms with van der Waals surface area (Å²) < 4.78 is 24.1. The third kappa shape index (κ3) is 4.64. The quantitative estimate of drug-likeness (QED) is 0.620. The zero-order valence-corrected chi connectivity index (χ0v) is 13.7. The molecule has 0 unspecified atom stereocenters. The summed E-state index contributed by atoms with van der Waals surface area (Å²) in [4.78, 5) is 8.39. The van der Waals surface area contributed by atoms with E-state index in [1.807, 2.05) is 30.3 Å². The van der Waals surface area contributed by atoms with Gasteiger partial charge in [-0.1, -0.05) is 12.1 Å². The highest BCUT2D eigenvalue weighted by Crippen LogP contribution is 2.28. The van der Waals surface area contributed by atoms with E-state index in [1.165, 1.54) is 12.1 Å². The number of halogens is 1. The minimum atomic E-state index is -0.265. The first-order valence-corrected chi connectivity index (χ1v) is 7.74. The summed E-state index contributed by atoms with van der Waals surface area (Å²) in [5.41, 5.74) is 2.54. The number of aliphatic imine (C=N–C) groups is 1. The van der Waals surface area contributed by atoms with Crippen molar-refractivity contribution in [1.82, 2.24) is 4.98 Å². The Hall–Kier alpha value is -3.21. The van der Waals surface area contributed by atoms with Gasteiger partial charge in [0.25, 0.3) is 0 Å². The summed E-state index contributed by atoms with van der Waals surface area (Å²) in [5.74, 6) is 0.959. The van der Waals surface area contributed by atoms with E-state index in [0.717, 1.165) is 16.8 Å². The van der Waals surface area contributed by atoms with Crippen LogP contribution in [0.2, 0.25) is 0 Å². The molecule has 126 valence electrons. The molecule has 0 spiro atoms. The molecule has 5 heteroatoms. The van der Waals surface area contributed by atoms with Crippen molar-refractivity contribution in [2.24, 2.45) is 4.99 Å². The van der Waals surface area contributed by atoms with E-state index in [9.17, 15) is 4.39 Å². The molecule has 3 rings (SSSR count). The molecule has 1 aromatic heterocycles. The van der Waals surface area contributed by atoms with Crippen molar-refractivity contribution in [3.63, 3.8) is 0 Å². The highest BCUT2D eigenvalue weighted by molar-refractivity contribution is 5.83. The minimum absolute atomic E-state index is 0.265. The molecule has 0 N–H and O–H groups in total. The normalized spacial score (nSPS) is 10.8. The zero-order chi connectivity index (χ0) is 17.5. The van der Waals surface area contributed by atoms with Crippen LogP contribution in [0.15, 0.2) is 72.0 Å². The number of rotatable bonds is 6. The first-order valence-electron chi connectivity index (χ1n) is 7.74. The van der Waals surface area contributed by atoms with Crippen LogP contribution in [0.25, 0.3) is 0 Å². The molecule has 4 nitrogen and oxygen atoms in total. The van der Waals surface area contributed by atoms with E-state index in [0.29, 0.717) is 18.1 Å². The Kier molecular flexibility index (Phi) is 5.36. The van der Waals surface area contributed by atoms with Crippen LogP contribution in [0.1, 0.15) is 11.1 Å². The highest BCUT2D eigenvalue weighted by Gasteiger charge is 2.06. The Morgan fingerprint density at radius 3 is 2.64 bits per heavy atom. The summed E-state index contributed by atoms with van der Waals surface area (Å²) in [6.45, 7) is 0.333. The summed E-state index contributed by atoms with van der Waals surface area (Å²) in [5, 5.41) is 0. The fourth-order valence-corrected chi connectivity index (χ4v) is 2.20. The molecular weight excluding hydrogens is 319 g/mol. The number of hydrogen-bond donors (Lipinski definition) is 0. The molecule has 0 radical (unpaired) electrons. The van der Waals surface area contributed by atoms with Crippen LogP contribution in [0.4, 0.5) is 10.1 Å². The van der Waals surface area contributed by atoms with Gasteiger partial charge >= 0.3 is 0 Å². The number of aromatic nitrogens is 1. The average molecular weight is 336 g/mol. The fourth-order valence-electron chi connectivity index (χ4n) is 2.20. The number of methoxy groups -OCH3 is 1. The van der Waals surface area contributed by atoms with Crippen LogP contribution in [0, 0.1) is 5.82 Å². The first-order chi connectivity index (χ1) is 12.2. The second-order valence-electron chi connectivity index (χ2n) is 5.29. The Labute approximate surface area is 145 Å². The lowest BCUT2D eigenvalue weighted by molar-refractivity contribution is 0.284. The molecule has 25 heavy (non-hydrogen) atoms. The van der Waals surface area contributed by atoms with Crippen LogP contribution in [-0.2, 0) is 6.61 Å². The van der Waals surface area contributed by atoms with Crippen LogP contribution in [-0.4, -0.2) is 18.3 Å². The van der Waals surface area contributed by atoms with Gasteiger partial charge in [0.2, 0.25) is 0 Å². The molecule has 2 aromatic carbocycles. The molecule has 0 amide bonds. The number of benzene rings is 2. The number of nitrogens with zero attached hydrogens (tertiary/aromatic N) is 2. The van der Waals surface area contributed by atoms with Crippen LogP contribution in [0.3, 0.4) is 0 Å². The first kappa shape index (κ1) is 16.6. The monoisotopic (exact) mass is 336 g/mol.